The second kappa shape index (κ2) is 3.21. The van der Waals surface area contributed by atoms with E-state index < -0.39 is 0 Å². The van der Waals surface area contributed by atoms with E-state index in [9.17, 15) is 0 Å². The highest BCUT2D eigenvalue weighted by molar-refractivity contribution is 4.76. The van der Waals surface area contributed by atoms with Crippen LogP contribution in [-0.2, 0) is 0 Å². The van der Waals surface area contributed by atoms with Crippen LogP contribution in [-0.4, -0.2) is 12.6 Å². The van der Waals surface area contributed by atoms with Crippen LogP contribution in [0.25, 0.3) is 0 Å². The fourth-order valence-corrected chi connectivity index (χ4v) is 1.01. The summed E-state index contributed by atoms with van der Waals surface area (Å²) in [4.78, 5) is 0. The summed E-state index contributed by atoms with van der Waals surface area (Å²) in [5.41, 5.74) is 0. The van der Waals surface area contributed by atoms with Crippen LogP contribution in [0.2, 0.25) is 0 Å². The fourth-order valence-electron chi connectivity index (χ4n) is 1.01. The van der Waals surface area contributed by atoms with E-state index in [-0.39, 0.29) is 0 Å². The number of hydrogen-bond acceptors (Lipinski definition) is 1. The molecule has 0 aromatic carbocycles. The molecule has 1 aliphatic carbocycles. The highest BCUT2D eigenvalue weighted by Gasteiger charge is 2.15. The van der Waals surface area contributed by atoms with E-state index in [1.807, 2.05) is 0 Å². The Hall–Kier alpha value is -0.0400. The molecule has 1 saturated carbocycles. The van der Waals surface area contributed by atoms with Crippen LogP contribution < -0.4 is 5.32 Å². The minimum absolute atomic E-state index is 0.811. The molecular formula is C8H17N. The molecule has 0 aromatic heterocycles. The predicted octanol–water partition coefficient (Wildman–Crippen LogP) is 1.78. The monoisotopic (exact) mass is 127 g/mol. The molecule has 0 unspecified atom stereocenters. The Morgan fingerprint density at radius 3 is 2.44 bits per heavy atom. The molecule has 54 valence electrons. The topological polar surface area (TPSA) is 12.0 Å². The van der Waals surface area contributed by atoms with Gasteiger partial charge in [0.15, 0.2) is 0 Å². The van der Waals surface area contributed by atoms with Crippen molar-refractivity contribution in [1.29, 1.82) is 0 Å². The molecule has 0 bridgehead atoms. The van der Waals surface area contributed by atoms with Gasteiger partial charge in [0.2, 0.25) is 0 Å². The first kappa shape index (κ1) is 7.07. The molecule has 0 spiro atoms. The molecule has 1 nitrogen and oxygen atoms in total. The van der Waals surface area contributed by atoms with Gasteiger partial charge in [-0.2, -0.15) is 0 Å². The maximum Gasteiger partial charge on any atom is 0.00671 e. The van der Waals surface area contributed by atoms with Crippen molar-refractivity contribution < 1.29 is 0 Å². The smallest absolute Gasteiger partial charge is 0.00671 e. The van der Waals surface area contributed by atoms with Crippen LogP contribution in [0.5, 0.6) is 0 Å². The highest BCUT2D eigenvalue weighted by Crippen LogP contribution is 2.17. The molecular weight excluding hydrogens is 110 g/mol. The molecule has 1 N–H and O–H groups in total. The standard InChI is InChI=1S/C8H17N/c1-7(2)6-9-8-4-3-5-8/h7-9H,3-6H2,1-2H3. The molecule has 0 heterocycles. The lowest BCUT2D eigenvalue weighted by Gasteiger charge is -2.27. The average molecular weight is 127 g/mol. The lowest BCUT2D eigenvalue weighted by molar-refractivity contribution is 0.326. The first-order valence-corrected chi connectivity index (χ1v) is 4.02. The Balaban J connectivity index is 1.91. The van der Waals surface area contributed by atoms with E-state index in [4.69, 9.17) is 0 Å². The molecule has 1 heteroatoms. The van der Waals surface area contributed by atoms with Gasteiger partial charge in [0, 0.05) is 6.04 Å². The van der Waals surface area contributed by atoms with Crippen LogP contribution in [0.3, 0.4) is 0 Å². The summed E-state index contributed by atoms with van der Waals surface area (Å²) < 4.78 is 0. The van der Waals surface area contributed by atoms with Gasteiger partial charge in [-0.15, -0.1) is 0 Å². The summed E-state index contributed by atoms with van der Waals surface area (Å²) in [6.07, 6.45) is 4.26. The minimum atomic E-state index is 0.811. The summed E-state index contributed by atoms with van der Waals surface area (Å²) in [7, 11) is 0. The first-order chi connectivity index (χ1) is 4.29. The lowest BCUT2D eigenvalue weighted by atomic mass is 9.93. The van der Waals surface area contributed by atoms with Crippen molar-refractivity contribution in [3.8, 4) is 0 Å². The quantitative estimate of drug-likeness (QED) is 0.609. The summed E-state index contributed by atoms with van der Waals surface area (Å²) in [6.45, 7) is 5.71. The van der Waals surface area contributed by atoms with Gasteiger partial charge in [-0.1, -0.05) is 20.3 Å². The van der Waals surface area contributed by atoms with E-state index in [1.165, 1.54) is 25.8 Å². The van der Waals surface area contributed by atoms with Crippen LogP contribution >= 0.6 is 0 Å². The Kier molecular flexibility index (Phi) is 2.52. The van der Waals surface area contributed by atoms with Crippen molar-refractivity contribution in [3.05, 3.63) is 0 Å². The third-order valence-electron chi connectivity index (χ3n) is 1.92. The third kappa shape index (κ3) is 2.35. The van der Waals surface area contributed by atoms with Crippen molar-refractivity contribution in [2.75, 3.05) is 6.54 Å². The Morgan fingerprint density at radius 2 is 2.11 bits per heavy atom. The molecule has 0 radical (unpaired) electrons. The van der Waals surface area contributed by atoms with Gasteiger partial charge in [-0.3, -0.25) is 0 Å². The second-order valence-corrected chi connectivity index (χ2v) is 3.43. The van der Waals surface area contributed by atoms with E-state index in [0.717, 1.165) is 12.0 Å². The molecule has 1 aliphatic rings. The summed E-state index contributed by atoms with van der Waals surface area (Å²) >= 11 is 0. The number of hydrogen-bond donors (Lipinski definition) is 1. The van der Waals surface area contributed by atoms with Crippen LogP contribution in [0.15, 0.2) is 0 Å². The van der Waals surface area contributed by atoms with E-state index in [1.54, 1.807) is 0 Å². The van der Waals surface area contributed by atoms with Gasteiger partial charge >= 0.3 is 0 Å². The molecule has 0 amide bonds. The SMILES string of the molecule is CC(C)CNC1CCC1. The van der Waals surface area contributed by atoms with Gasteiger partial charge in [-0.05, 0) is 25.3 Å². The molecule has 0 saturated heterocycles. The third-order valence-corrected chi connectivity index (χ3v) is 1.92. The Morgan fingerprint density at radius 1 is 1.44 bits per heavy atom. The zero-order valence-electron chi connectivity index (χ0n) is 6.48. The predicted molar refractivity (Wildman–Crippen MR) is 40.5 cm³/mol. The van der Waals surface area contributed by atoms with Crippen LogP contribution in [0, 0.1) is 5.92 Å². The average Bonchev–Trinajstić information content (AvgIpc) is 1.60. The zero-order chi connectivity index (χ0) is 6.69. The van der Waals surface area contributed by atoms with Gasteiger partial charge in [0.05, 0.1) is 0 Å². The van der Waals surface area contributed by atoms with E-state index in [2.05, 4.69) is 19.2 Å². The van der Waals surface area contributed by atoms with Crippen molar-refractivity contribution in [1.82, 2.24) is 5.32 Å². The number of nitrogens with one attached hydrogen (secondary N) is 1. The van der Waals surface area contributed by atoms with Gasteiger partial charge in [0.1, 0.15) is 0 Å². The minimum Gasteiger partial charge on any atom is -0.314 e. The largest absolute Gasteiger partial charge is 0.314 e. The molecule has 9 heavy (non-hydrogen) atoms. The fraction of sp³-hybridized carbons (Fsp3) is 1.00. The van der Waals surface area contributed by atoms with Gasteiger partial charge in [0.25, 0.3) is 0 Å². The van der Waals surface area contributed by atoms with Crippen molar-refractivity contribution in [2.45, 2.75) is 39.2 Å². The zero-order valence-corrected chi connectivity index (χ0v) is 6.48. The summed E-state index contributed by atoms with van der Waals surface area (Å²) in [5.74, 6) is 0.811. The second-order valence-electron chi connectivity index (χ2n) is 3.43. The van der Waals surface area contributed by atoms with E-state index >= 15 is 0 Å². The maximum absolute atomic E-state index is 3.52. The van der Waals surface area contributed by atoms with Crippen molar-refractivity contribution in [3.63, 3.8) is 0 Å². The highest BCUT2D eigenvalue weighted by atomic mass is 14.9. The van der Waals surface area contributed by atoms with Crippen LogP contribution in [0.4, 0.5) is 0 Å². The van der Waals surface area contributed by atoms with Gasteiger partial charge in [-0.25, -0.2) is 0 Å². The number of rotatable bonds is 3. The molecule has 1 fully saturated rings. The normalized spacial score (nSPS) is 20.3. The van der Waals surface area contributed by atoms with Crippen molar-refractivity contribution >= 4 is 0 Å². The maximum atomic E-state index is 3.52. The van der Waals surface area contributed by atoms with Crippen molar-refractivity contribution in [2.24, 2.45) is 5.92 Å². The lowest BCUT2D eigenvalue weighted by Crippen LogP contribution is -2.37. The molecule has 0 aliphatic heterocycles. The Bertz CT molecular complexity index is 74.6. The first-order valence-electron chi connectivity index (χ1n) is 4.02. The summed E-state index contributed by atoms with van der Waals surface area (Å²) in [5, 5.41) is 3.52. The van der Waals surface area contributed by atoms with Crippen LogP contribution in [0.1, 0.15) is 33.1 Å². The van der Waals surface area contributed by atoms with Gasteiger partial charge < -0.3 is 5.32 Å². The van der Waals surface area contributed by atoms with E-state index in [0.29, 0.717) is 0 Å². The summed E-state index contributed by atoms with van der Waals surface area (Å²) in [6, 6.07) is 0.868. The molecule has 0 atom stereocenters. The Labute approximate surface area is 57.8 Å². The molecule has 1 rings (SSSR count). The molecule has 0 aromatic rings.